The molecule has 1 saturated heterocycles. The van der Waals surface area contributed by atoms with Crippen LogP contribution < -0.4 is 0 Å². The zero-order valence-electron chi connectivity index (χ0n) is 16.7. The maximum atomic E-state index is 13.4. The number of hydrogen-bond acceptors (Lipinski definition) is 4. The number of amides is 1. The van der Waals surface area contributed by atoms with Crippen molar-refractivity contribution < 1.29 is 17.6 Å². The summed E-state index contributed by atoms with van der Waals surface area (Å²) < 4.78 is 40.2. The Labute approximate surface area is 171 Å². The van der Waals surface area contributed by atoms with Crippen molar-refractivity contribution in [2.24, 2.45) is 0 Å². The van der Waals surface area contributed by atoms with Gasteiger partial charge in [-0.2, -0.15) is 4.31 Å². The van der Waals surface area contributed by atoms with Crippen LogP contribution in [-0.4, -0.2) is 67.7 Å². The van der Waals surface area contributed by atoms with Crippen LogP contribution in [0.5, 0.6) is 0 Å². The monoisotopic (exact) mass is 419 g/mol. The van der Waals surface area contributed by atoms with Crippen LogP contribution in [0.4, 0.5) is 4.39 Å². The molecule has 29 heavy (non-hydrogen) atoms. The summed E-state index contributed by atoms with van der Waals surface area (Å²) in [6.07, 6.45) is 0. The fourth-order valence-electron chi connectivity index (χ4n) is 3.52. The molecule has 1 aliphatic rings. The van der Waals surface area contributed by atoms with Gasteiger partial charge in [0.1, 0.15) is 5.82 Å². The minimum atomic E-state index is -3.74. The molecule has 1 atom stereocenters. The second kappa shape index (κ2) is 9.02. The highest BCUT2D eigenvalue weighted by Gasteiger charge is 2.32. The number of rotatable bonds is 6. The fraction of sp³-hybridized carbons (Fsp3) is 0.381. The standard InChI is InChI=1S/C21H26FN3O3S/c1-17(21(26)23(2)16-18-7-4-3-5-8-18)24-11-13-25(14-12-24)29(27,28)20-10-6-9-19(22)15-20/h3-10,15,17H,11-14,16H2,1-2H3/t17-/m1/s1. The predicted molar refractivity (Wildman–Crippen MR) is 109 cm³/mol. The zero-order chi connectivity index (χ0) is 21.0. The Morgan fingerprint density at radius 1 is 1.07 bits per heavy atom. The molecule has 6 nitrogen and oxygen atoms in total. The lowest BCUT2D eigenvalue weighted by atomic mass is 10.2. The Hall–Kier alpha value is -2.29. The molecule has 1 fully saturated rings. The summed E-state index contributed by atoms with van der Waals surface area (Å²) >= 11 is 0. The lowest BCUT2D eigenvalue weighted by Crippen LogP contribution is -2.54. The van der Waals surface area contributed by atoms with E-state index in [1.165, 1.54) is 22.5 Å². The molecule has 3 rings (SSSR count). The molecule has 156 valence electrons. The van der Waals surface area contributed by atoms with Gasteiger partial charge in [-0.1, -0.05) is 36.4 Å². The molecule has 2 aromatic rings. The van der Waals surface area contributed by atoms with E-state index < -0.39 is 15.8 Å². The van der Waals surface area contributed by atoms with Gasteiger partial charge in [0.05, 0.1) is 10.9 Å². The number of hydrogen-bond donors (Lipinski definition) is 0. The second-order valence-corrected chi connectivity index (χ2v) is 9.19. The maximum Gasteiger partial charge on any atom is 0.243 e. The Morgan fingerprint density at radius 3 is 2.34 bits per heavy atom. The molecule has 1 heterocycles. The van der Waals surface area contributed by atoms with Gasteiger partial charge in [0.2, 0.25) is 15.9 Å². The zero-order valence-corrected chi connectivity index (χ0v) is 17.5. The third kappa shape index (κ3) is 5.01. The van der Waals surface area contributed by atoms with Crippen molar-refractivity contribution in [3.63, 3.8) is 0 Å². The molecule has 0 bridgehead atoms. The van der Waals surface area contributed by atoms with Crippen LogP contribution in [0.15, 0.2) is 59.5 Å². The topological polar surface area (TPSA) is 60.9 Å². The van der Waals surface area contributed by atoms with Crippen molar-refractivity contribution in [3.8, 4) is 0 Å². The molecule has 0 saturated carbocycles. The second-order valence-electron chi connectivity index (χ2n) is 7.25. The quantitative estimate of drug-likeness (QED) is 0.720. The summed E-state index contributed by atoms with van der Waals surface area (Å²) in [5, 5.41) is 0. The smallest absolute Gasteiger partial charge is 0.243 e. The molecule has 8 heteroatoms. The van der Waals surface area contributed by atoms with Gasteiger partial charge < -0.3 is 4.90 Å². The normalized spacial score (nSPS) is 17.1. The number of halogens is 1. The number of sulfonamides is 1. The fourth-order valence-corrected chi connectivity index (χ4v) is 4.97. The molecule has 0 aromatic heterocycles. The first-order valence-corrected chi connectivity index (χ1v) is 11.0. The Morgan fingerprint density at radius 2 is 1.72 bits per heavy atom. The van der Waals surface area contributed by atoms with E-state index in [1.54, 1.807) is 11.9 Å². The summed E-state index contributed by atoms with van der Waals surface area (Å²) in [5.74, 6) is -0.583. The lowest BCUT2D eigenvalue weighted by molar-refractivity contribution is -0.136. The minimum absolute atomic E-state index is 0.00436. The lowest BCUT2D eigenvalue weighted by Gasteiger charge is -2.37. The molecular formula is C21H26FN3O3S. The van der Waals surface area contributed by atoms with Crippen LogP contribution in [0.1, 0.15) is 12.5 Å². The van der Waals surface area contributed by atoms with E-state index in [1.807, 2.05) is 42.2 Å². The molecule has 0 aliphatic carbocycles. The third-order valence-electron chi connectivity index (χ3n) is 5.25. The number of piperazine rings is 1. The van der Waals surface area contributed by atoms with Crippen LogP contribution in [0.25, 0.3) is 0 Å². The van der Waals surface area contributed by atoms with E-state index in [0.717, 1.165) is 11.6 Å². The average molecular weight is 420 g/mol. The summed E-state index contributed by atoms with van der Waals surface area (Å²) in [5.41, 5.74) is 1.06. The first kappa shape index (κ1) is 21.4. The average Bonchev–Trinajstić information content (AvgIpc) is 2.73. The van der Waals surface area contributed by atoms with E-state index in [4.69, 9.17) is 0 Å². The van der Waals surface area contributed by atoms with Crippen LogP contribution in [0.2, 0.25) is 0 Å². The highest BCUT2D eigenvalue weighted by atomic mass is 32.2. The van der Waals surface area contributed by atoms with Gasteiger partial charge in [0.15, 0.2) is 0 Å². The molecule has 0 N–H and O–H groups in total. The number of likely N-dealkylation sites (N-methyl/N-ethyl adjacent to an activating group) is 1. The maximum absolute atomic E-state index is 13.4. The van der Waals surface area contributed by atoms with E-state index in [2.05, 4.69) is 0 Å². The van der Waals surface area contributed by atoms with Gasteiger partial charge in [-0.05, 0) is 30.7 Å². The summed E-state index contributed by atoms with van der Waals surface area (Å²) in [6.45, 7) is 3.79. The van der Waals surface area contributed by atoms with Crippen LogP contribution in [-0.2, 0) is 21.4 Å². The highest BCUT2D eigenvalue weighted by Crippen LogP contribution is 2.19. The Balaban J connectivity index is 1.59. The van der Waals surface area contributed by atoms with Crippen molar-refractivity contribution in [2.75, 3.05) is 33.2 Å². The van der Waals surface area contributed by atoms with E-state index >= 15 is 0 Å². The third-order valence-corrected chi connectivity index (χ3v) is 7.15. The largest absolute Gasteiger partial charge is 0.340 e. The highest BCUT2D eigenvalue weighted by molar-refractivity contribution is 7.89. The minimum Gasteiger partial charge on any atom is -0.340 e. The van der Waals surface area contributed by atoms with Gasteiger partial charge in [-0.3, -0.25) is 9.69 Å². The molecule has 1 amide bonds. The molecule has 0 unspecified atom stereocenters. The van der Waals surface area contributed by atoms with Gasteiger partial charge in [-0.25, -0.2) is 12.8 Å². The van der Waals surface area contributed by atoms with Crippen LogP contribution in [0, 0.1) is 5.82 Å². The van der Waals surface area contributed by atoms with Crippen molar-refractivity contribution in [3.05, 3.63) is 66.0 Å². The molecular weight excluding hydrogens is 393 g/mol. The molecule has 0 spiro atoms. The Bertz CT molecular complexity index is 945. The van der Waals surface area contributed by atoms with Gasteiger partial charge >= 0.3 is 0 Å². The van der Waals surface area contributed by atoms with E-state index in [0.29, 0.717) is 19.6 Å². The predicted octanol–water partition coefficient (Wildman–Crippen LogP) is 2.18. The SMILES string of the molecule is C[C@H](C(=O)N(C)Cc1ccccc1)N1CCN(S(=O)(=O)c2cccc(F)c2)CC1. The van der Waals surface area contributed by atoms with Crippen molar-refractivity contribution in [1.82, 2.24) is 14.1 Å². The summed E-state index contributed by atoms with van der Waals surface area (Å²) in [4.78, 5) is 16.4. The number of carbonyl (C=O) groups is 1. The van der Waals surface area contributed by atoms with Crippen LogP contribution >= 0.6 is 0 Å². The first-order valence-electron chi connectivity index (χ1n) is 9.57. The number of carbonyl (C=O) groups excluding carboxylic acids is 1. The van der Waals surface area contributed by atoms with Gasteiger partial charge in [-0.15, -0.1) is 0 Å². The Kier molecular flexibility index (Phi) is 6.66. The van der Waals surface area contributed by atoms with E-state index in [9.17, 15) is 17.6 Å². The van der Waals surface area contributed by atoms with Crippen molar-refractivity contribution in [2.45, 2.75) is 24.4 Å². The van der Waals surface area contributed by atoms with Crippen molar-refractivity contribution in [1.29, 1.82) is 0 Å². The van der Waals surface area contributed by atoms with Gasteiger partial charge in [0.25, 0.3) is 0 Å². The summed E-state index contributed by atoms with van der Waals surface area (Å²) in [6, 6.07) is 14.5. The number of benzene rings is 2. The summed E-state index contributed by atoms with van der Waals surface area (Å²) in [7, 11) is -1.97. The van der Waals surface area contributed by atoms with Crippen LogP contribution in [0.3, 0.4) is 0 Å². The molecule has 0 radical (unpaired) electrons. The first-order chi connectivity index (χ1) is 13.8. The molecule has 1 aliphatic heterocycles. The van der Waals surface area contributed by atoms with E-state index in [-0.39, 0.29) is 29.9 Å². The van der Waals surface area contributed by atoms with Gasteiger partial charge in [0, 0.05) is 39.8 Å². The van der Waals surface area contributed by atoms with Crippen molar-refractivity contribution >= 4 is 15.9 Å². The molecule has 2 aromatic carbocycles. The number of nitrogens with zero attached hydrogens (tertiary/aromatic N) is 3.